The predicted molar refractivity (Wildman–Crippen MR) is 98.5 cm³/mol. The maximum Gasteiger partial charge on any atom is 0.433 e. The Morgan fingerprint density at radius 1 is 1.30 bits per heavy atom. The Hall–Kier alpha value is -3.40. The van der Waals surface area contributed by atoms with Gasteiger partial charge in [0.05, 0.1) is 6.07 Å². The van der Waals surface area contributed by atoms with Gasteiger partial charge in [0.2, 0.25) is 17.3 Å². The molecule has 3 heterocycles. The van der Waals surface area contributed by atoms with Crippen LogP contribution in [0.5, 0.6) is 5.88 Å². The SMILES string of the molecule is C=CCSc1nnc2c(n1)OC(c1ccc([N+](=O)[O-])o1)Nc1ccccc1-2. The van der Waals surface area contributed by atoms with E-state index in [2.05, 4.69) is 27.1 Å². The number of fused-ring (bicyclic) bond motifs is 3. The number of hydrogen-bond acceptors (Lipinski definition) is 9. The molecule has 4 rings (SSSR count). The number of ether oxygens (including phenoxy) is 1. The van der Waals surface area contributed by atoms with Gasteiger partial charge < -0.3 is 14.5 Å². The van der Waals surface area contributed by atoms with Crippen LogP contribution in [0, 0.1) is 10.1 Å². The number of nitrogens with one attached hydrogen (secondary N) is 1. The number of rotatable bonds is 5. The third kappa shape index (κ3) is 3.34. The topological polar surface area (TPSA) is 116 Å². The average Bonchev–Trinajstić information content (AvgIpc) is 3.11. The molecule has 9 nitrogen and oxygen atoms in total. The predicted octanol–water partition coefficient (Wildman–Crippen LogP) is 3.82. The van der Waals surface area contributed by atoms with Crippen molar-refractivity contribution >= 4 is 23.3 Å². The molecule has 0 aliphatic carbocycles. The molecule has 0 saturated carbocycles. The summed E-state index contributed by atoms with van der Waals surface area (Å²) in [5.41, 5.74) is 1.96. The maximum absolute atomic E-state index is 10.9. The first-order chi connectivity index (χ1) is 13.2. The summed E-state index contributed by atoms with van der Waals surface area (Å²) in [5, 5.41) is 22.9. The van der Waals surface area contributed by atoms with Gasteiger partial charge >= 0.3 is 5.88 Å². The number of furan rings is 1. The Morgan fingerprint density at radius 3 is 2.93 bits per heavy atom. The molecule has 136 valence electrons. The van der Waals surface area contributed by atoms with E-state index in [0.29, 0.717) is 16.6 Å². The standard InChI is InChI=1S/C17H13N5O4S/c1-2-9-27-17-19-16-14(20-21-17)10-5-3-4-6-11(10)18-15(26-16)12-7-8-13(25-12)22(23)24/h2-8,15,18H,1,9H2. The average molecular weight is 383 g/mol. The number of aromatic nitrogens is 3. The zero-order valence-corrected chi connectivity index (χ0v) is 14.7. The Bertz CT molecular complexity index is 1020. The van der Waals surface area contributed by atoms with Crippen molar-refractivity contribution in [3.63, 3.8) is 0 Å². The molecule has 10 heteroatoms. The molecule has 0 spiro atoms. The van der Waals surface area contributed by atoms with Crippen molar-refractivity contribution in [1.82, 2.24) is 15.2 Å². The van der Waals surface area contributed by atoms with Gasteiger partial charge in [0, 0.05) is 17.0 Å². The normalized spacial score (nSPS) is 14.9. The van der Waals surface area contributed by atoms with Crippen LogP contribution in [-0.2, 0) is 0 Å². The van der Waals surface area contributed by atoms with Crippen LogP contribution in [0.3, 0.4) is 0 Å². The van der Waals surface area contributed by atoms with Crippen molar-refractivity contribution in [3.05, 3.63) is 64.9 Å². The highest BCUT2D eigenvalue weighted by molar-refractivity contribution is 7.99. The second kappa shape index (κ2) is 7.08. The Kier molecular flexibility index (Phi) is 4.47. The molecule has 1 unspecified atom stereocenters. The van der Waals surface area contributed by atoms with E-state index in [-0.39, 0.29) is 17.5 Å². The number of nitrogens with zero attached hydrogens (tertiary/aromatic N) is 4. The van der Waals surface area contributed by atoms with E-state index >= 15 is 0 Å². The number of hydrogen-bond donors (Lipinski definition) is 1. The number of para-hydroxylation sites is 1. The van der Waals surface area contributed by atoms with E-state index in [4.69, 9.17) is 9.15 Å². The number of thioether (sulfide) groups is 1. The van der Waals surface area contributed by atoms with Crippen LogP contribution in [0.4, 0.5) is 11.6 Å². The third-order valence-corrected chi connectivity index (χ3v) is 4.55. The fourth-order valence-corrected chi connectivity index (χ4v) is 3.06. The molecule has 1 N–H and O–H groups in total. The van der Waals surface area contributed by atoms with Gasteiger partial charge in [0.25, 0.3) is 0 Å². The van der Waals surface area contributed by atoms with Crippen molar-refractivity contribution in [3.8, 4) is 17.1 Å². The van der Waals surface area contributed by atoms with E-state index < -0.39 is 11.2 Å². The first-order valence-corrected chi connectivity index (χ1v) is 8.89. The summed E-state index contributed by atoms with van der Waals surface area (Å²) in [6, 6.07) is 10.2. The van der Waals surface area contributed by atoms with E-state index in [1.54, 1.807) is 6.08 Å². The van der Waals surface area contributed by atoms with Crippen LogP contribution < -0.4 is 10.1 Å². The zero-order chi connectivity index (χ0) is 18.8. The molecule has 1 aliphatic heterocycles. The van der Waals surface area contributed by atoms with Gasteiger partial charge in [-0.25, -0.2) is 0 Å². The summed E-state index contributed by atoms with van der Waals surface area (Å²) in [7, 11) is 0. The zero-order valence-electron chi connectivity index (χ0n) is 13.9. The van der Waals surface area contributed by atoms with E-state index in [9.17, 15) is 10.1 Å². The van der Waals surface area contributed by atoms with Gasteiger partial charge in [-0.2, -0.15) is 4.98 Å². The van der Waals surface area contributed by atoms with E-state index in [1.165, 1.54) is 23.9 Å². The highest BCUT2D eigenvalue weighted by Crippen LogP contribution is 2.40. The van der Waals surface area contributed by atoms with Crippen LogP contribution >= 0.6 is 11.8 Å². The maximum atomic E-state index is 10.9. The Morgan fingerprint density at radius 2 is 2.15 bits per heavy atom. The highest BCUT2D eigenvalue weighted by atomic mass is 32.2. The molecule has 1 atom stereocenters. The number of benzene rings is 1. The van der Waals surface area contributed by atoms with Crippen molar-refractivity contribution in [1.29, 1.82) is 0 Å². The van der Waals surface area contributed by atoms with Gasteiger partial charge in [-0.05, 0) is 12.1 Å². The first kappa shape index (κ1) is 17.0. The van der Waals surface area contributed by atoms with Gasteiger partial charge in [-0.1, -0.05) is 36.0 Å². The van der Waals surface area contributed by atoms with Gasteiger partial charge in [0.15, 0.2) is 11.5 Å². The van der Waals surface area contributed by atoms with E-state index in [1.807, 2.05) is 24.3 Å². The highest BCUT2D eigenvalue weighted by Gasteiger charge is 2.29. The van der Waals surface area contributed by atoms with Crippen molar-refractivity contribution < 1.29 is 14.1 Å². The molecule has 1 aliphatic rings. The molecule has 2 aromatic heterocycles. The Balaban J connectivity index is 1.78. The molecule has 1 aromatic carbocycles. The molecule has 0 fully saturated rings. The second-order valence-corrected chi connectivity index (χ2v) is 6.46. The second-order valence-electron chi connectivity index (χ2n) is 5.47. The minimum absolute atomic E-state index is 0.253. The van der Waals surface area contributed by atoms with Crippen molar-refractivity contribution in [2.75, 3.05) is 11.1 Å². The molecule has 0 amide bonds. The monoisotopic (exact) mass is 383 g/mol. The molecular weight excluding hydrogens is 370 g/mol. The fraction of sp³-hybridized carbons (Fsp3) is 0.118. The summed E-state index contributed by atoms with van der Waals surface area (Å²) >= 11 is 1.37. The van der Waals surface area contributed by atoms with Crippen molar-refractivity contribution in [2.24, 2.45) is 0 Å². The lowest BCUT2D eigenvalue weighted by molar-refractivity contribution is -0.402. The van der Waals surface area contributed by atoms with Crippen LogP contribution in [0.15, 0.2) is 58.6 Å². The lowest BCUT2D eigenvalue weighted by atomic mass is 10.1. The Labute approximate surface area is 157 Å². The molecular formula is C17H13N5O4S. The van der Waals surface area contributed by atoms with Crippen molar-refractivity contribution in [2.45, 2.75) is 11.4 Å². The van der Waals surface area contributed by atoms with E-state index in [0.717, 1.165) is 11.3 Å². The lowest BCUT2D eigenvalue weighted by Gasteiger charge is -2.16. The van der Waals surface area contributed by atoms with Crippen LogP contribution in [0.1, 0.15) is 12.0 Å². The number of anilines is 1. The summed E-state index contributed by atoms with van der Waals surface area (Å²) < 4.78 is 11.3. The molecule has 0 bridgehead atoms. The first-order valence-electron chi connectivity index (χ1n) is 7.91. The molecule has 0 radical (unpaired) electrons. The molecule has 27 heavy (non-hydrogen) atoms. The van der Waals surface area contributed by atoms with Gasteiger partial charge in [-0.15, -0.1) is 16.8 Å². The fourth-order valence-electron chi connectivity index (χ4n) is 2.55. The number of nitro groups is 1. The quantitative estimate of drug-likeness (QED) is 0.304. The van der Waals surface area contributed by atoms with Crippen LogP contribution in [0.2, 0.25) is 0 Å². The lowest BCUT2D eigenvalue weighted by Crippen LogP contribution is -2.16. The molecule has 3 aromatic rings. The smallest absolute Gasteiger partial charge is 0.433 e. The van der Waals surface area contributed by atoms with Crippen LogP contribution in [-0.4, -0.2) is 25.9 Å². The largest absolute Gasteiger partial charge is 0.444 e. The summed E-state index contributed by atoms with van der Waals surface area (Å²) in [4.78, 5) is 14.7. The van der Waals surface area contributed by atoms with Crippen LogP contribution in [0.25, 0.3) is 11.3 Å². The summed E-state index contributed by atoms with van der Waals surface area (Å²) in [6.45, 7) is 3.67. The third-order valence-electron chi connectivity index (χ3n) is 3.71. The molecule has 0 saturated heterocycles. The van der Waals surface area contributed by atoms with Gasteiger partial charge in [0.1, 0.15) is 4.92 Å². The summed E-state index contributed by atoms with van der Waals surface area (Å²) in [5.74, 6) is 0.779. The van der Waals surface area contributed by atoms with Gasteiger partial charge in [-0.3, -0.25) is 10.1 Å². The minimum atomic E-state index is -0.810. The minimum Gasteiger partial charge on any atom is -0.444 e. The summed E-state index contributed by atoms with van der Waals surface area (Å²) in [6.07, 6.45) is 0.928.